The first kappa shape index (κ1) is 14.3. The summed E-state index contributed by atoms with van der Waals surface area (Å²) in [6.45, 7) is 0. The van der Waals surface area contributed by atoms with Gasteiger partial charge in [0.05, 0.1) is 10.7 Å². The van der Waals surface area contributed by atoms with E-state index in [9.17, 15) is 13.6 Å². The molecule has 0 heterocycles. The SMILES string of the molecule is O=C(N/N=C\c1ccc(F)c(Br)c1)c1ccc(F)cc1. The van der Waals surface area contributed by atoms with Gasteiger partial charge < -0.3 is 0 Å². The van der Waals surface area contributed by atoms with Crippen molar-refractivity contribution in [3.8, 4) is 0 Å². The summed E-state index contributed by atoms with van der Waals surface area (Å²) in [4.78, 5) is 11.7. The van der Waals surface area contributed by atoms with Crippen LogP contribution >= 0.6 is 15.9 Å². The van der Waals surface area contributed by atoms with Gasteiger partial charge in [-0.15, -0.1) is 0 Å². The number of benzene rings is 2. The number of hydrogen-bond acceptors (Lipinski definition) is 2. The van der Waals surface area contributed by atoms with Crippen LogP contribution in [0, 0.1) is 11.6 Å². The Hall–Kier alpha value is -2.08. The lowest BCUT2D eigenvalue weighted by Crippen LogP contribution is -2.17. The van der Waals surface area contributed by atoms with Gasteiger partial charge in [0.1, 0.15) is 11.6 Å². The minimum atomic E-state index is -0.456. The molecule has 0 spiro atoms. The van der Waals surface area contributed by atoms with E-state index in [-0.39, 0.29) is 5.82 Å². The Morgan fingerprint density at radius 1 is 1.15 bits per heavy atom. The first-order chi connectivity index (χ1) is 9.56. The zero-order valence-corrected chi connectivity index (χ0v) is 11.7. The first-order valence-electron chi connectivity index (χ1n) is 5.60. The van der Waals surface area contributed by atoms with Crippen LogP contribution in [-0.4, -0.2) is 12.1 Å². The highest BCUT2D eigenvalue weighted by molar-refractivity contribution is 9.10. The van der Waals surface area contributed by atoms with E-state index in [0.29, 0.717) is 15.6 Å². The highest BCUT2D eigenvalue weighted by Crippen LogP contribution is 2.15. The number of amides is 1. The lowest BCUT2D eigenvalue weighted by Gasteiger charge is -2.00. The minimum absolute atomic E-state index is 0.295. The van der Waals surface area contributed by atoms with Gasteiger partial charge in [-0.05, 0) is 57.9 Å². The standard InChI is InChI=1S/C14H9BrF2N2O/c15-12-7-9(1-6-13(12)17)8-18-19-14(20)10-2-4-11(16)5-3-10/h1-8H,(H,19,20)/b18-8-. The van der Waals surface area contributed by atoms with Crippen LogP contribution < -0.4 is 5.43 Å². The molecule has 20 heavy (non-hydrogen) atoms. The third-order valence-corrected chi connectivity index (χ3v) is 3.04. The lowest BCUT2D eigenvalue weighted by molar-refractivity contribution is 0.0955. The average Bonchev–Trinajstić information content (AvgIpc) is 2.43. The van der Waals surface area contributed by atoms with Crippen molar-refractivity contribution in [1.29, 1.82) is 0 Å². The maximum absolute atomic E-state index is 13.0. The van der Waals surface area contributed by atoms with Crippen molar-refractivity contribution in [2.24, 2.45) is 5.10 Å². The second-order valence-electron chi connectivity index (χ2n) is 3.88. The summed E-state index contributed by atoms with van der Waals surface area (Å²) in [7, 11) is 0. The van der Waals surface area contributed by atoms with Crippen molar-refractivity contribution in [2.75, 3.05) is 0 Å². The molecule has 0 aromatic heterocycles. The zero-order chi connectivity index (χ0) is 14.5. The molecule has 2 aromatic rings. The molecule has 0 unspecified atom stereocenters. The molecule has 2 rings (SSSR count). The number of carbonyl (C=O) groups excluding carboxylic acids is 1. The van der Waals surface area contributed by atoms with Crippen LogP contribution in [0.2, 0.25) is 0 Å². The van der Waals surface area contributed by atoms with E-state index in [1.165, 1.54) is 48.7 Å². The fraction of sp³-hybridized carbons (Fsp3) is 0. The quantitative estimate of drug-likeness (QED) is 0.675. The molecular formula is C14H9BrF2N2O. The Kier molecular flexibility index (Phi) is 4.57. The van der Waals surface area contributed by atoms with E-state index in [2.05, 4.69) is 26.5 Å². The zero-order valence-electron chi connectivity index (χ0n) is 10.1. The van der Waals surface area contributed by atoms with Crippen molar-refractivity contribution in [2.45, 2.75) is 0 Å². The van der Waals surface area contributed by atoms with Gasteiger partial charge in [0.2, 0.25) is 0 Å². The number of nitrogens with zero attached hydrogens (tertiary/aromatic N) is 1. The van der Waals surface area contributed by atoms with E-state index in [0.717, 1.165) is 0 Å². The van der Waals surface area contributed by atoms with Gasteiger partial charge in [0, 0.05) is 5.56 Å². The van der Waals surface area contributed by atoms with Gasteiger partial charge in [0.25, 0.3) is 5.91 Å². The Labute approximate surface area is 122 Å². The minimum Gasteiger partial charge on any atom is -0.267 e. The lowest BCUT2D eigenvalue weighted by atomic mass is 10.2. The Morgan fingerprint density at radius 3 is 2.50 bits per heavy atom. The topological polar surface area (TPSA) is 41.5 Å². The van der Waals surface area contributed by atoms with Crippen molar-refractivity contribution < 1.29 is 13.6 Å². The highest BCUT2D eigenvalue weighted by Gasteiger charge is 2.03. The molecule has 0 aliphatic rings. The van der Waals surface area contributed by atoms with Gasteiger partial charge in [-0.3, -0.25) is 4.79 Å². The van der Waals surface area contributed by atoms with Crippen LogP contribution in [0.5, 0.6) is 0 Å². The van der Waals surface area contributed by atoms with Crippen LogP contribution in [0.1, 0.15) is 15.9 Å². The Balaban J connectivity index is 2.00. The first-order valence-corrected chi connectivity index (χ1v) is 6.39. The summed E-state index contributed by atoms with van der Waals surface area (Å²) in [6.07, 6.45) is 1.38. The molecule has 1 N–H and O–H groups in total. The molecule has 0 bridgehead atoms. The maximum Gasteiger partial charge on any atom is 0.271 e. The fourth-order valence-electron chi connectivity index (χ4n) is 1.42. The van der Waals surface area contributed by atoms with E-state index in [1.807, 2.05) is 0 Å². The summed E-state index contributed by atoms with van der Waals surface area (Å²) < 4.78 is 26.0. The van der Waals surface area contributed by atoms with E-state index < -0.39 is 11.7 Å². The summed E-state index contributed by atoms with van der Waals surface area (Å²) in [5, 5.41) is 3.75. The molecule has 1 amide bonds. The fourth-order valence-corrected chi connectivity index (χ4v) is 1.82. The third-order valence-electron chi connectivity index (χ3n) is 2.43. The Bertz CT molecular complexity index is 657. The van der Waals surface area contributed by atoms with Crippen molar-refractivity contribution in [1.82, 2.24) is 5.43 Å². The van der Waals surface area contributed by atoms with Gasteiger partial charge in [0.15, 0.2) is 0 Å². The van der Waals surface area contributed by atoms with Gasteiger partial charge in [-0.1, -0.05) is 6.07 Å². The normalized spacial score (nSPS) is 10.8. The van der Waals surface area contributed by atoms with Gasteiger partial charge in [-0.25, -0.2) is 14.2 Å². The van der Waals surface area contributed by atoms with Crippen molar-refractivity contribution in [3.05, 3.63) is 69.7 Å². The number of hydrazone groups is 1. The van der Waals surface area contributed by atoms with Gasteiger partial charge >= 0.3 is 0 Å². The van der Waals surface area contributed by atoms with E-state index >= 15 is 0 Å². The van der Waals surface area contributed by atoms with Crippen molar-refractivity contribution in [3.63, 3.8) is 0 Å². The second kappa shape index (κ2) is 6.38. The monoisotopic (exact) mass is 338 g/mol. The molecule has 0 fully saturated rings. The number of halogens is 3. The molecule has 2 aromatic carbocycles. The molecule has 0 aliphatic carbocycles. The molecule has 0 aliphatic heterocycles. The largest absolute Gasteiger partial charge is 0.271 e. The number of carbonyl (C=O) groups is 1. The predicted octanol–water partition coefficient (Wildman–Crippen LogP) is 3.49. The van der Waals surface area contributed by atoms with E-state index in [1.54, 1.807) is 0 Å². The van der Waals surface area contributed by atoms with Crippen LogP contribution in [-0.2, 0) is 0 Å². The molecule has 3 nitrogen and oxygen atoms in total. The highest BCUT2D eigenvalue weighted by atomic mass is 79.9. The molecule has 0 atom stereocenters. The summed E-state index contributed by atoms with van der Waals surface area (Å²) in [6, 6.07) is 9.43. The third kappa shape index (κ3) is 3.71. The molecule has 6 heteroatoms. The van der Waals surface area contributed by atoms with Crippen LogP contribution in [0.4, 0.5) is 8.78 Å². The second-order valence-corrected chi connectivity index (χ2v) is 4.73. The summed E-state index contributed by atoms with van der Waals surface area (Å²) in [5.41, 5.74) is 3.22. The van der Waals surface area contributed by atoms with Gasteiger partial charge in [-0.2, -0.15) is 5.10 Å². The average molecular weight is 339 g/mol. The molecular weight excluding hydrogens is 330 g/mol. The predicted molar refractivity (Wildman–Crippen MR) is 75.6 cm³/mol. The number of hydrogen-bond donors (Lipinski definition) is 1. The molecule has 102 valence electrons. The summed E-state index contributed by atoms with van der Waals surface area (Å²) >= 11 is 3.05. The van der Waals surface area contributed by atoms with Crippen LogP contribution in [0.15, 0.2) is 52.0 Å². The summed E-state index contributed by atoms with van der Waals surface area (Å²) in [5.74, 6) is -1.25. The maximum atomic E-state index is 13.0. The number of nitrogens with one attached hydrogen (secondary N) is 1. The molecule has 0 radical (unpaired) electrons. The molecule has 0 saturated carbocycles. The van der Waals surface area contributed by atoms with Crippen LogP contribution in [0.3, 0.4) is 0 Å². The Morgan fingerprint density at radius 2 is 1.85 bits per heavy atom. The number of rotatable bonds is 3. The van der Waals surface area contributed by atoms with Crippen LogP contribution in [0.25, 0.3) is 0 Å². The van der Waals surface area contributed by atoms with Crippen molar-refractivity contribution >= 4 is 28.1 Å². The molecule has 0 saturated heterocycles. The smallest absolute Gasteiger partial charge is 0.267 e. The van der Waals surface area contributed by atoms with E-state index in [4.69, 9.17) is 0 Å².